The number of hydrogen-bond acceptors (Lipinski definition) is 9. The summed E-state index contributed by atoms with van der Waals surface area (Å²) in [5.74, 6) is -6.05. The molecule has 0 spiro atoms. The van der Waals surface area contributed by atoms with Crippen LogP contribution < -0.4 is 24.8 Å². The van der Waals surface area contributed by atoms with Crippen molar-refractivity contribution in [2.75, 3.05) is 13.7 Å². The molecule has 13 nitrogen and oxygen atoms in total. The average molecular weight is 838 g/mol. The molecular formula is C40H51F4N5O8S. The number of benzene rings is 1. The Labute approximate surface area is 335 Å². The average Bonchev–Trinajstić information content (AvgIpc) is 4.03. The summed E-state index contributed by atoms with van der Waals surface area (Å²) in [6.45, 7) is 6.36. The number of alkyl halides is 3. The Hall–Kier alpha value is -4.48. The van der Waals surface area contributed by atoms with Crippen LogP contribution in [0.3, 0.4) is 0 Å². The Balaban J connectivity index is 1.39. The number of hydrogen-bond donors (Lipinski definition) is 3. The quantitative estimate of drug-likeness (QED) is 0.230. The first-order chi connectivity index (χ1) is 27.1. The molecule has 0 radical (unpaired) electrons. The van der Waals surface area contributed by atoms with Crippen LogP contribution in [0.5, 0.6) is 11.6 Å². The lowest BCUT2D eigenvalue weighted by molar-refractivity contribution is -0.212. The molecule has 7 atom stereocenters. The predicted octanol–water partition coefficient (Wildman–Crippen LogP) is 5.08. The summed E-state index contributed by atoms with van der Waals surface area (Å²) < 4.78 is 96.1. The zero-order chi connectivity index (χ0) is 42.6. The van der Waals surface area contributed by atoms with Gasteiger partial charge >= 0.3 is 6.18 Å². The molecule has 2 unspecified atom stereocenters. The van der Waals surface area contributed by atoms with Gasteiger partial charge in [-0.25, -0.2) is 17.8 Å². The Kier molecular flexibility index (Phi) is 11.6. The van der Waals surface area contributed by atoms with Crippen LogP contribution in [0.4, 0.5) is 17.6 Å². The molecule has 1 aromatic carbocycles. The van der Waals surface area contributed by atoms with Crippen LogP contribution in [0.1, 0.15) is 86.0 Å². The molecule has 3 N–H and O–H groups in total. The second-order valence-electron chi connectivity index (χ2n) is 17.1. The van der Waals surface area contributed by atoms with Crippen molar-refractivity contribution < 1.29 is 54.6 Å². The van der Waals surface area contributed by atoms with Crippen molar-refractivity contribution in [3.8, 4) is 11.6 Å². The number of halogens is 4. The maximum atomic E-state index is 14.9. The van der Waals surface area contributed by atoms with E-state index in [1.54, 1.807) is 19.1 Å². The highest BCUT2D eigenvalue weighted by Gasteiger charge is 2.63. The van der Waals surface area contributed by atoms with Crippen LogP contribution in [-0.2, 0) is 29.2 Å². The number of nitrogens with zero attached hydrogens (tertiary/aromatic N) is 2. The molecular weight excluding hydrogens is 787 g/mol. The molecule has 58 heavy (non-hydrogen) atoms. The molecule has 6 rings (SSSR count). The van der Waals surface area contributed by atoms with E-state index in [-0.39, 0.29) is 42.3 Å². The van der Waals surface area contributed by atoms with E-state index >= 15 is 0 Å². The topological polar surface area (TPSA) is 173 Å². The second-order valence-corrected chi connectivity index (χ2v) is 19.2. The van der Waals surface area contributed by atoms with E-state index in [4.69, 9.17) is 9.47 Å². The molecule has 4 amide bonds. The molecule has 18 heteroatoms. The number of amides is 4. The number of fused-ring (bicyclic) bond motifs is 3. The Bertz CT molecular complexity index is 2110. The first kappa shape index (κ1) is 43.1. The van der Waals surface area contributed by atoms with E-state index in [0.717, 1.165) is 18.7 Å². The number of rotatable bonds is 9. The molecule has 1 aromatic heterocycles. The van der Waals surface area contributed by atoms with E-state index in [1.165, 1.54) is 32.4 Å². The number of pyridine rings is 1. The largest absolute Gasteiger partial charge is 0.494 e. The molecule has 2 aliphatic carbocycles. The van der Waals surface area contributed by atoms with Gasteiger partial charge in [0.25, 0.3) is 5.91 Å². The SMILES string of the molecule is CC[C@@H]1C[C@H](C)CC/C=C\C2CC2(C(=O)NS(=O)(=O)C2(C)CC2)NC(=O)[C@@H]2C[C@@H](Oc3nccc4cc(OC)c(F)cc34)CN2C(=O)[C@H]1NC(=O)C(C)(C)C(F)(F)F. The molecule has 1 saturated heterocycles. The van der Waals surface area contributed by atoms with Gasteiger partial charge in [-0.1, -0.05) is 32.4 Å². The molecule has 3 fully saturated rings. The van der Waals surface area contributed by atoms with E-state index in [0.29, 0.717) is 43.9 Å². The smallest absolute Gasteiger partial charge is 0.402 e. The van der Waals surface area contributed by atoms with Gasteiger partial charge in [-0.05, 0) is 94.7 Å². The minimum absolute atomic E-state index is 0.0227. The summed E-state index contributed by atoms with van der Waals surface area (Å²) in [4.78, 5) is 62.2. The van der Waals surface area contributed by atoms with Crippen molar-refractivity contribution >= 4 is 44.4 Å². The van der Waals surface area contributed by atoms with E-state index in [9.17, 15) is 45.2 Å². The minimum Gasteiger partial charge on any atom is -0.494 e. The first-order valence-corrected chi connectivity index (χ1v) is 21.1. The Morgan fingerprint density at radius 1 is 1.14 bits per heavy atom. The van der Waals surface area contributed by atoms with Crippen molar-refractivity contribution in [3.05, 3.63) is 42.4 Å². The fourth-order valence-electron chi connectivity index (χ4n) is 7.82. The lowest BCUT2D eigenvalue weighted by Crippen LogP contribution is -2.61. The lowest BCUT2D eigenvalue weighted by Gasteiger charge is -2.36. The number of carbonyl (C=O) groups excluding carboxylic acids is 4. The van der Waals surface area contributed by atoms with Crippen molar-refractivity contribution in [2.24, 2.45) is 23.2 Å². The summed E-state index contributed by atoms with van der Waals surface area (Å²) in [5, 5.41) is 5.95. The Morgan fingerprint density at radius 2 is 1.84 bits per heavy atom. The molecule has 0 bridgehead atoms. The minimum atomic E-state index is -4.95. The van der Waals surface area contributed by atoms with Crippen LogP contribution in [0.15, 0.2) is 36.5 Å². The van der Waals surface area contributed by atoms with E-state index < -0.39 is 91.4 Å². The third kappa shape index (κ3) is 8.21. The van der Waals surface area contributed by atoms with Crippen molar-refractivity contribution in [1.29, 1.82) is 0 Å². The number of methoxy groups -OCH3 is 1. The highest BCUT2D eigenvalue weighted by atomic mass is 32.2. The van der Waals surface area contributed by atoms with Gasteiger partial charge < -0.3 is 25.0 Å². The molecule has 4 aliphatic rings. The van der Waals surface area contributed by atoms with Gasteiger partial charge in [-0.15, -0.1) is 0 Å². The molecule has 318 valence electrons. The van der Waals surface area contributed by atoms with Gasteiger partial charge in [0.15, 0.2) is 11.6 Å². The maximum absolute atomic E-state index is 14.9. The van der Waals surface area contributed by atoms with E-state index in [1.807, 2.05) is 13.0 Å². The van der Waals surface area contributed by atoms with Crippen molar-refractivity contribution in [1.82, 2.24) is 25.2 Å². The summed E-state index contributed by atoms with van der Waals surface area (Å²) in [7, 11) is -2.79. The number of nitrogens with one attached hydrogen (secondary N) is 3. The normalized spacial score (nSPS) is 29.5. The molecule has 3 heterocycles. The fourth-order valence-corrected chi connectivity index (χ4v) is 9.13. The van der Waals surface area contributed by atoms with Crippen molar-refractivity contribution in [3.63, 3.8) is 0 Å². The zero-order valence-electron chi connectivity index (χ0n) is 33.4. The zero-order valence-corrected chi connectivity index (χ0v) is 34.2. The summed E-state index contributed by atoms with van der Waals surface area (Å²) in [6, 6.07) is 1.33. The fraction of sp³-hybridized carbons (Fsp3) is 0.625. The van der Waals surface area contributed by atoms with Gasteiger partial charge in [-0.2, -0.15) is 13.2 Å². The van der Waals surface area contributed by atoms with Crippen LogP contribution in [0.2, 0.25) is 0 Å². The summed E-state index contributed by atoms with van der Waals surface area (Å²) in [5.41, 5.74) is -4.56. The highest BCUT2D eigenvalue weighted by Crippen LogP contribution is 2.48. The van der Waals surface area contributed by atoms with Gasteiger partial charge in [0.05, 0.1) is 18.4 Å². The maximum Gasteiger partial charge on any atom is 0.402 e. The second kappa shape index (κ2) is 15.6. The number of aromatic nitrogens is 1. The van der Waals surface area contributed by atoms with Gasteiger partial charge in [0.1, 0.15) is 29.1 Å². The monoisotopic (exact) mass is 837 g/mol. The molecule has 2 aromatic rings. The third-order valence-corrected chi connectivity index (χ3v) is 14.6. The Morgan fingerprint density at radius 3 is 2.48 bits per heavy atom. The van der Waals surface area contributed by atoms with Gasteiger partial charge in [0.2, 0.25) is 33.6 Å². The van der Waals surface area contributed by atoms with Crippen LogP contribution in [0.25, 0.3) is 10.8 Å². The first-order valence-electron chi connectivity index (χ1n) is 19.6. The summed E-state index contributed by atoms with van der Waals surface area (Å²) in [6.07, 6.45) is 1.43. The number of sulfonamides is 1. The summed E-state index contributed by atoms with van der Waals surface area (Å²) >= 11 is 0. The lowest BCUT2D eigenvalue weighted by atomic mass is 9.83. The van der Waals surface area contributed by atoms with Gasteiger partial charge in [-0.3, -0.25) is 23.9 Å². The van der Waals surface area contributed by atoms with Crippen LogP contribution in [-0.4, -0.2) is 90.2 Å². The van der Waals surface area contributed by atoms with Gasteiger partial charge in [0, 0.05) is 23.9 Å². The predicted molar refractivity (Wildman–Crippen MR) is 204 cm³/mol. The number of carbonyl (C=O) groups is 4. The molecule has 2 saturated carbocycles. The molecule has 2 aliphatic heterocycles. The third-order valence-electron chi connectivity index (χ3n) is 12.4. The van der Waals surface area contributed by atoms with E-state index in [2.05, 4.69) is 20.3 Å². The van der Waals surface area contributed by atoms with Crippen LogP contribution in [0, 0.1) is 29.0 Å². The van der Waals surface area contributed by atoms with Crippen LogP contribution >= 0.6 is 0 Å². The number of ether oxygens (including phenoxy) is 2. The van der Waals surface area contributed by atoms with Crippen molar-refractivity contribution in [2.45, 2.75) is 121 Å². The number of allylic oxidation sites excluding steroid dienone is 1. The standard InChI is InChI=1S/C40H51F4N5O8S/c1-7-23-16-22(2)10-8-9-11-25-20-39(25,36(53)48-58(54,55)38(5)13-14-38)47-32(50)29-18-26(57-33-27-19-28(41)30(56-6)17-24(27)12-15-45-33)21-49(29)34(51)31(23)46-35(52)37(3,4)40(42,43)44/h9,11-12,15,17,19,22-23,25-26,29,31H,7-8,10,13-14,16,18,20-21H2,1-6H3,(H,46,52)(H,47,50)(H,48,53)/b11-9-/t22-,23-,25?,26-,29+,31+,39?/m1/s1. The highest BCUT2D eigenvalue weighted by molar-refractivity contribution is 7.91.